The number of hydrogen-bond acceptors (Lipinski definition) is 1. The summed E-state index contributed by atoms with van der Waals surface area (Å²) < 4.78 is 50.2. The fourth-order valence-electron chi connectivity index (χ4n) is 0.758. The van der Waals surface area contributed by atoms with E-state index < -0.39 is 34.5 Å². The molecule has 0 saturated heterocycles. The number of nitrogens with two attached hydrogens (primary N) is 1. The van der Waals surface area contributed by atoms with Gasteiger partial charge in [0.1, 0.15) is 5.69 Å². The van der Waals surface area contributed by atoms with Crippen molar-refractivity contribution in [2.45, 2.75) is 6.92 Å². The molecule has 0 saturated carbocycles. The van der Waals surface area contributed by atoms with Gasteiger partial charge in [-0.1, -0.05) is 0 Å². The Kier molecular flexibility index (Phi) is 1.95. The van der Waals surface area contributed by atoms with Gasteiger partial charge in [0.25, 0.3) is 0 Å². The summed E-state index contributed by atoms with van der Waals surface area (Å²) in [6, 6.07) is 0. The van der Waals surface area contributed by atoms with Crippen LogP contribution in [0.1, 0.15) is 5.56 Å². The van der Waals surface area contributed by atoms with Gasteiger partial charge in [0.2, 0.25) is 0 Å². The van der Waals surface area contributed by atoms with Gasteiger partial charge < -0.3 is 5.73 Å². The Morgan fingerprint density at radius 1 is 0.833 bits per heavy atom. The average Bonchev–Trinajstić information content (AvgIpc) is 2.08. The molecule has 0 aliphatic rings. The molecule has 0 aromatic heterocycles. The third-order valence-corrected chi connectivity index (χ3v) is 1.52. The fourth-order valence-corrected chi connectivity index (χ4v) is 0.758. The monoisotopic (exact) mass is 179 g/mol. The van der Waals surface area contributed by atoms with E-state index in [1.54, 1.807) is 0 Å². The molecule has 66 valence electrons. The third-order valence-electron chi connectivity index (χ3n) is 1.52. The second kappa shape index (κ2) is 2.66. The van der Waals surface area contributed by atoms with Gasteiger partial charge in [0.15, 0.2) is 23.3 Å². The number of halogens is 4. The molecule has 12 heavy (non-hydrogen) atoms. The first-order chi connectivity index (χ1) is 5.46. The maximum atomic E-state index is 12.6. The standard InChI is InChI=1S/C7H5F4N/c1-2-3(8)5(10)7(12)6(11)4(2)9/h12H2,1H3. The van der Waals surface area contributed by atoms with E-state index in [1.807, 2.05) is 0 Å². The van der Waals surface area contributed by atoms with E-state index in [1.165, 1.54) is 0 Å². The first-order valence-corrected chi connectivity index (χ1v) is 3.04. The van der Waals surface area contributed by atoms with E-state index in [-0.39, 0.29) is 0 Å². The molecule has 0 unspecified atom stereocenters. The quantitative estimate of drug-likeness (QED) is 0.368. The van der Waals surface area contributed by atoms with Gasteiger partial charge in [-0.15, -0.1) is 0 Å². The van der Waals surface area contributed by atoms with Crippen molar-refractivity contribution in [1.82, 2.24) is 0 Å². The molecule has 0 fully saturated rings. The van der Waals surface area contributed by atoms with Crippen molar-refractivity contribution in [2.24, 2.45) is 0 Å². The number of benzene rings is 1. The fraction of sp³-hybridized carbons (Fsp3) is 0.143. The molecular formula is C7H5F4N. The Morgan fingerprint density at radius 3 is 1.50 bits per heavy atom. The van der Waals surface area contributed by atoms with Crippen molar-refractivity contribution in [1.29, 1.82) is 0 Å². The molecule has 0 atom stereocenters. The predicted octanol–water partition coefficient (Wildman–Crippen LogP) is 2.13. The molecule has 1 aromatic carbocycles. The van der Waals surface area contributed by atoms with Crippen molar-refractivity contribution in [2.75, 3.05) is 5.73 Å². The molecule has 0 heterocycles. The second-order valence-electron chi connectivity index (χ2n) is 2.29. The van der Waals surface area contributed by atoms with Crippen LogP contribution in [-0.2, 0) is 0 Å². The van der Waals surface area contributed by atoms with Crippen LogP contribution in [0.4, 0.5) is 23.2 Å². The summed E-state index contributed by atoms with van der Waals surface area (Å²) in [6.45, 7) is 0.927. The van der Waals surface area contributed by atoms with Gasteiger partial charge in [0.05, 0.1) is 0 Å². The van der Waals surface area contributed by atoms with Crippen LogP contribution in [0, 0.1) is 30.2 Å². The number of rotatable bonds is 0. The maximum Gasteiger partial charge on any atom is 0.185 e. The van der Waals surface area contributed by atoms with E-state index in [4.69, 9.17) is 5.73 Å². The molecule has 0 radical (unpaired) electrons. The summed E-state index contributed by atoms with van der Waals surface area (Å²) in [4.78, 5) is 0. The van der Waals surface area contributed by atoms with Crippen LogP contribution in [0.15, 0.2) is 0 Å². The Hall–Kier alpha value is -1.26. The number of anilines is 1. The lowest BCUT2D eigenvalue weighted by molar-refractivity contribution is 0.451. The van der Waals surface area contributed by atoms with Crippen LogP contribution in [0.25, 0.3) is 0 Å². The van der Waals surface area contributed by atoms with Gasteiger partial charge in [-0.2, -0.15) is 0 Å². The van der Waals surface area contributed by atoms with Gasteiger partial charge in [0, 0.05) is 5.56 Å². The summed E-state index contributed by atoms with van der Waals surface area (Å²) >= 11 is 0. The van der Waals surface area contributed by atoms with Crippen molar-refractivity contribution in [3.63, 3.8) is 0 Å². The average molecular weight is 179 g/mol. The van der Waals surface area contributed by atoms with Crippen molar-refractivity contribution in [3.8, 4) is 0 Å². The summed E-state index contributed by atoms with van der Waals surface area (Å²) in [6.07, 6.45) is 0. The molecule has 5 heteroatoms. The molecule has 0 aliphatic heterocycles. The molecule has 0 aliphatic carbocycles. The van der Waals surface area contributed by atoms with Crippen molar-refractivity contribution < 1.29 is 17.6 Å². The smallest absolute Gasteiger partial charge is 0.185 e. The van der Waals surface area contributed by atoms with Gasteiger partial charge >= 0.3 is 0 Å². The number of hydrogen-bond donors (Lipinski definition) is 1. The lowest BCUT2D eigenvalue weighted by Crippen LogP contribution is -2.05. The lowest BCUT2D eigenvalue weighted by Gasteiger charge is -2.04. The summed E-state index contributed by atoms with van der Waals surface area (Å²) in [5.74, 6) is -6.00. The first kappa shape index (κ1) is 8.83. The summed E-state index contributed by atoms with van der Waals surface area (Å²) in [7, 11) is 0. The second-order valence-corrected chi connectivity index (χ2v) is 2.29. The minimum absolute atomic E-state index is 0.709. The highest BCUT2D eigenvalue weighted by atomic mass is 19.2. The zero-order valence-electron chi connectivity index (χ0n) is 6.09. The largest absolute Gasteiger partial charge is 0.394 e. The van der Waals surface area contributed by atoms with Crippen LogP contribution in [0.3, 0.4) is 0 Å². The van der Waals surface area contributed by atoms with Gasteiger partial charge in [-0.05, 0) is 6.92 Å². The Labute approximate surface area is 65.8 Å². The molecule has 2 N–H and O–H groups in total. The highest BCUT2D eigenvalue weighted by molar-refractivity contribution is 5.44. The molecule has 1 aromatic rings. The molecule has 0 bridgehead atoms. The molecular weight excluding hydrogens is 174 g/mol. The van der Waals surface area contributed by atoms with E-state index in [9.17, 15) is 17.6 Å². The minimum Gasteiger partial charge on any atom is -0.394 e. The highest BCUT2D eigenvalue weighted by Gasteiger charge is 2.20. The van der Waals surface area contributed by atoms with Crippen LogP contribution < -0.4 is 5.73 Å². The molecule has 0 amide bonds. The normalized spacial score (nSPS) is 10.4. The lowest BCUT2D eigenvalue weighted by atomic mass is 10.2. The summed E-state index contributed by atoms with van der Waals surface area (Å²) in [5, 5.41) is 0. The van der Waals surface area contributed by atoms with Crippen LogP contribution in [0.2, 0.25) is 0 Å². The Morgan fingerprint density at radius 2 is 1.17 bits per heavy atom. The molecule has 0 spiro atoms. The first-order valence-electron chi connectivity index (χ1n) is 3.04. The zero-order valence-corrected chi connectivity index (χ0v) is 6.09. The third kappa shape index (κ3) is 1.01. The van der Waals surface area contributed by atoms with E-state index in [0.717, 1.165) is 6.92 Å². The van der Waals surface area contributed by atoms with E-state index >= 15 is 0 Å². The maximum absolute atomic E-state index is 12.6. The van der Waals surface area contributed by atoms with Crippen molar-refractivity contribution >= 4 is 5.69 Å². The predicted molar refractivity (Wildman–Crippen MR) is 35.4 cm³/mol. The minimum atomic E-state index is -1.55. The van der Waals surface area contributed by atoms with E-state index in [0.29, 0.717) is 0 Å². The zero-order chi connectivity index (χ0) is 9.46. The SMILES string of the molecule is Cc1c(F)c(F)c(N)c(F)c1F. The van der Waals surface area contributed by atoms with Crippen molar-refractivity contribution in [3.05, 3.63) is 28.8 Å². The Balaban J connectivity index is 3.60. The molecule has 1 nitrogen and oxygen atoms in total. The van der Waals surface area contributed by atoms with Crippen LogP contribution >= 0.6 is 0 Å². The van der Waals surface area contributed by atoms with Crippen LogP contribution in [-0.4, -0.2) is 0 Å². The van der Waals surface area contributed by atoms with E-state index in [2.05, 4.69) is 0 Å². The van der Waals surface area contributed by atoms with Crippen LogP contribution in [0.5, 0.6) is 0 Å². The Bertz CT molecular complexity index is 230. The topological polar surface area (TPSA) is 26.0 Å². The van der Waals surface area contributed by atoms with Gasteiger partial charge in [-0.25, -0.2) is 17.6 Å². The van der Waals surface area contributed by atoms with Gasteiger partial charge in [-0.3, -0.25) is 0 Å². The summed E-state index contributed by atoms with van der Waals surface area (Å²) in [5.41, 5.74) is 2.88. The molecule has 1 rings (SSSR count). The number of nitrogen functional groups attached to an aromatic ring is 1. The highest BCUT2D eigenvalue weighted by Crippen LogP contribution is 2.24.